The van der Waals surface area contributed by atoms with Gasteiger partial charge in [0, 0.05) is 25.2 Å². The Labute approximate surface area is 180 Å². The smallest absolute Gasteiger partial charge is 0.0952 e. The van der Waals surface area contributed by atoms with E-state index in [1.54, 1.807) is 0 Å². The van der Waals surface area contributed by atoms with Crippen LogP contribution in [0.25, 0.3) is 0 Å². The van der Waals surface area contributed by atoms with E-state index in [1.165, 1.54) is 25.7 Å². The van der Waals surface area contributed by atoms with Crippen LogP contribution in [-0.4, -0.2) is 45.5 Å². The van der Waals surface area contributed by atoms with Crippen molar-refractivity contribution in [2.75, 3.05) is 13.1 Å². The van der Waals surface area contributed by atoms with Gasteiger partial charge in [-0.05, 0) is 37.8 Å². The molecule has 2 unspecified atom stereocenters. The van der Waals surface area contributed by atoms with Crippen molar-refractivity contribution >= 4 is 0 Å². The van der Waals surface area contributed by atoms with Crippen molar-refractivity contribution < 1.29 is 15.3 Å². The molecule has 3 N–H and O–H groups in total. The Bertz CT molecular complexity index is 439. The number of rotatable bonds is 18. The highest BCUT2D eigenvalue weighted by Gasteiger charge is 2.17. The molecule has 0 aromatic rings. The molecule has 0 aliphatic carbocycles. The normalized spacial score (nSPS) is 15.2. The summed E-state index contributed by atoms with van der Waals surface area (Å²) in [4.78, 5) is 2.10. The van der Waals surface area contributed by atoms with E-state index in [0.29, 0.717) is 25.3 Å². The Hall–Kier alpha value is -1.00. The quantitative estimate of drug-likeness (QED) is 0.137. The second-order valence-electron chi connectivity index (χ2n) is 8.38. The number of aliphatic hydroxyl groups is 3. The number of unbranched alkanes of at least 4 members (excludes halogenated alkanes) is 6. The zero-order valence-corrected chi connectivity index (χ0v) is 19.9. The topological polar surface area (TPSA) is 63.9 Å². The highest BCUT2D eigenvalue weighted by molar-refractivity contribution is 5.24. The predicted molar refractivity (Wildman–Crippen MR) is 125 cm³/mol. The molecule has 0 bridgehead atoms. The summed E-state index contributed by atoms with van der Waals surface area (Å²) in [5.74, 6) is 0.423. The van der Waals surface area contributed by atoms with Crippen LogP contribution in [0.15, 0.2) is 23.1 Å². The van der Waals surface area contributed by atoms with Gasteiger partial charge in [0.25, 0.3) is 0 Å². The van der Waals surface area contributed by atoms with Crippen molar-refractivity contribution in [1.29, 1.82) is 0 Å². The van der Waals surface area contributed by atoms with E-state index in [4.69, 9.17) is 0 Å². The van der Waals surface area contributed by atoms with Crippen LogP contribution in [0, 0.1) is 0 Å². The summed E-state index contributed by atoms with van der Waals surface area (Å²) in [6.45, 7) is 11.5. The summed E-state index contributed by atoms with van der Waals surface area (Å²) in [5.41, 5.74) is 1.94. The summed E-state index contributed by atoms with van der Waals surface area (Å²) >= 11 is 0. The lowest BCUT2D eigenvalue weighted by Gasteiger charge is -2.30. The maximum absolute atomic E-state index is 10.6. The van der Waals surface area contributed by atoms with Crippen LogP contribution < -0.4 is 0 Å². The molecule has 2 atom stereocenters. The molecule has 29 heavy (non-hydrogen) atoms. The Morgan fingerprint density at radius 1 is 0.759 bits per heavy atom. The molecule has 0 amide bonds. The van der Waals surface area contributed by atoms with Crippen molar-refractivity contribution in [3.05, 3.63) is 23.1 Å². The SMILES string of the molecule is CCCCCCC(O)CN(CC(O)CCCCCC)/C(C)=C/C(CC)=C(/O)CC. The molecular weight excluding hydrogens is 362 g/mol. The standard InChI is InChI=1S/C25H49NO3/c1-6-10-12-14-16-23(27)19-26(20-24(28)17-15-13-11-7-2)21(5)18-22(8-3)25(29)9-4/h18,23-24,27-29H,6-17,19-20H2,1-5H3/b21-18+,25-22+. The maximum Gasteiger partial charge on any atom is 0.0952 e. The zero-order chi connectivity index (χ0) is 22.1. The summed E-state index contributed by atoms with van der Waals surface area (Å²) < 4.78 is 0. The Balaban J connectivity index is 5.06. The molecular formula is C25H49NO3. The van der Waals surface area contributed by atoms with Gasteiger partial charge in [-0.2, -0.15) is 0 Å². The summed E-state index contributed by atoms with van der Waals surface area (Å²) in [5, 5.41) is 31.3. The van der Waals surface area contributed by atoms with Crippen LogP contribution in [0.2, 0.25) is 0 Å². The summed E-state index contributed by atoms with van der Waals surface area (Å²) in [7, 11) is 0. The molecule has 0 heterocycles. The minimum atomic E-state index is -0.392. The number of nitrogens with zero attached hydrogens (tertiary/aromatic N) is 1. The number of hydrogen-bond acceptors (Lipinski definition) is 4. The molecule has 0 spiro atoms. The molecule has 172 valence electrons. The Morgan fingerprint density at radius 3 is 1.62 bits per heavy atom. The number of allylic oxidation sites excluding steroid dienone is 4. The molecule has 0 saturated heterocycles. The first-order chi connectivity index (χ1) is 13.9. The molecule has 0 aliphatic heterocycles. The van der Waals surface area contributed by atoms with Crippen LogP contribution in [0.4, 0.5) is 0 Å². The molecule has 4 heteroatoms. The van der Waals surface area contributed by atoms with E-state index in [1.807, 2.05) is 26.8 Å². The van der Waals surface area contributed by atoms with Crippen LogP contribution in [0.5, 0.6) is 0 Å². The van der Waals surface area contributed by atoms with E-state index in [-0.39, 0.29) is 0 Å². The highest BCUT2D eigenvalue weighted by Crippen LogP contribution is 2.18. The van der Waals surface area contributed by atoms with Crippen LogP contribution >= 0.6 is 0 Å². The monoisotopic (exact) mass is 411 g/mol. The van der Waals surface area contributed by atoms with Gasteiger partial charge in [-0.25, -0.2) is 0 Å². The third kappa shape index (κ3) is 13.8. The van der Waals surface area contributed by atoms with Gasteiger partial charge >= 0.3 is 0 Å². The maximum atomic E-state index is 10.6. The average Bonchev–Trinajstić information content (AvgIpc) is 2.71. The molecule has 4 nitrogen and oxygen atoms in total. The van der Waals surface area contributed by atoms with Gasteiger partial charge in [0.05, 0.1) is 18.0 Å². The third-order valence-electron chi connectivity index (χ3n) is 5.61. The van der Waals surface area contributed by atoms with Gasteiger partial charge in [0.1, 0.15) is 0 Å². The molecule has 0 aromatic heterocycles. The fourth-order valence-electron chi connectivity index (χ4n) is 3.63. The minimum absolute atomic E-state index is 0.392. The van der Waals surface area contributed by atoms with Gasteiger partial charge < -0.3 is 20.2 Å². The first-order valence-corrected chi connectivity index (χ1v) is 12.1. The van der Waals surface area contributed by atoms with Crippen molar-refractivity contribution in [3.8, 4) is 0 Å². The van der Waals surface area contributed by atoms with Gasteiger partial charge in [0.2, 0.25) is 0 Å². The van der Waals surface area contributed by atoms with Gasteiger partial charge in [-0.15, -0.1) is 0 Å². The van der Waals surface area contributed by atoms with Gasteiger partial charge in [0.15, 0.2) is 0 Å². The molecule has 0 aromatic carbocycles. The first kappa shape index (κ1) is 28.0. The minimum Gasteiger partial charge on any atom is -0.512 e. The lowest BCUT2D eigenvalue weighted by atomic mass is 10.1. The van der Waals surface area contributed by atoms with E-state index in [2.05, 4.69) is 18.7 Å². The van der Waals surface area contributed by atoms with Crippen LogP contribution in [-0.2, 0) is 0 Å². The van der Waals surface area contributed by atoms with Gasteiger partial charge in [-0.3, -0.25) is 0 Å². The van der Waals surface area contributed by atoms with Crippen molar-refractivity contribution in [3.63, 3.8) is 0 Å². The molecule has 0 fully saturated rings. The van der Waals surface area contributed by atoms with Crippen LogP contribution in [0.1, 0.15) is 112 Å². The summed E-state index contributed by atoms with van der Waals surface area (Å²) in [6.07, 6.45) is 13.5. The summed E-state index contributed by atoms with van der Waals surface area (Å²) in [6, 6.07) is 0. The van der Waals surface area contributed by atoms with E-state index >= 15 is 0 Å². The second-order valence-corrected chi connectivity index (χ2v) is 8.38. The third-order valence-corrected chi connectivity index (χ3v) is 5.61. The molecule has 0 radical (unpaired) electrons. The molecule has 0 saturated carbocycles. The highest BCUT2D eigenvalue weighted by atomic mass is 16.3. The number of hydrogen-bond donors (Lipinski definition) is 3. The Kier molecular flexibility index (Phi) is 17.2. The lowest BCUT2D eigenvalue weighted by molar-refractivity contribution is 0.0771. The predicted octanol–water partition coefficient (Wildman–Crippen LogP) is 6.49. The molecule has 0 rings (SSSR count). The Morgan fingerprint density at radius 2 is 1.24 bits per heavy atom. The fraction of sp³-hybridized carbons (Fsp3) is 0.840. The zero-order valence-electron chi connectivity index (χ0n) is 19.9. The second kappa shape index (κ2) is 17.8. The van der Waals surface area contributed by atoms with Gasteiger partial charge in [-0.1, -0.05) is 79.1 Å². The van der Waals surface area contributed by atoms with E-state index in [0.717, 1.165) is 56.2 Å². The number of aliphatic hydroxyl groups excluding tert-OH is 3. The fourth-order valence-corrected chi connectivity index (χ4v) is 3.63. The lowest BCUT2D eigenvalue weighted by Crippen LogP contribution is -2.37. The first-order valence-electron chi connectivity index (χ1n) is 12.1. The average molecular weight is 412 g/mol. The largest absolute Gasteiger partial charge is 0.512 e. The van der Waals surface area contributed by atoms with E-state index in [9.17, 15) is 15.3 Å². The van der Waals surface area contributed by atoms with Crippen molar-refractivity contribution in [2.24, 2.45) is 0 Å². The van der Waals surface area contributed by atoms with Crippen molar-refractivity contribution in [1.82, 2.24) is 4.90 Å². The molecule has 0 aliphatic rings. The van der Waals surface area contributed by atoms with Crippen LogP contribution in [0.3, 0.4) is 0 Å². The van der Waals surface area contributed by atoms with Crippen molar-refractivity contribution in [2.45, 2.75) is 124 Å². The van der Waals surface area contributed by atoms with E-state index < -0.39 is 12.2 Å².